The minimum Gasteiger partial charge on any atom is -0.378 e. The third-order valence-corrected chi connectivity index (χ3v) is 4.51. The van der Waals surface area contributed by atoms with Gasteiger partial charge in [-0.2, -0.15) is 0 Å². The van der Waals surface area contributed by atoms with Gasteiger partial charge in [0.15, 0.2) is 0 Å². The molecular weight excluding hydrogens is 250 g/mol. The van der Waals surface area contributed by atoms with Gasteiger partial charge in [-0.15, -0.1) is 11.8 Å². The maximum atomic E-state index is 3.70. The van der Waals surface area contributed by atoms with E-state index in [1.54, 1.807) is 11.8 Å². The standard InChI is InChI=1S/C17H19NS/c1-19-15-9-5-8-14(12-15)18-17-11-4-7-13-6-2-3-10-16(13)17/h2-3,5-6,8-10,12,17-18H,4,7,11H2,1H3. The summed E-state index contributed by atoms with van der Waals surface area (Å²) >= 11 is 1.79. The molecule has 1 atom stereocenters. The van der Waals surface area contributed by atoms with Gasteiger partial charge in [-0.05, 0) is 54.8 Å². The largest absolute Gasteiger partial charge is 0.378 e. The number of rotatable bonds is 3. The van der Waals surface area contributed by atoms with Crippen LogP contribution in [-0.2, 0) is 6.42 Å². The summed E-state index contributed by atoms with van der Waals surface area (Å²) in [4.78, 5) is 1.31. The van der Waals surface area contributed by atoms with E-state index in [0.29, 0.717) is 6.04 Å². The average molecular weight is 269 g/mol. The Labute approximate surface area is 119 Å². The zero-order valence-electron chi connectivity index (χ0n) is 11.2. The van der Waals surface area contributed by atoms with Crippen LogP contribution in [0, 0.1) is 0 Å². The molecule has 3 rings (SSSR count). The van der Waals surface area contributed by atoms with Crippen molar-refractivity contribution in [1.82, 2.24) is 0 Å². The van der Waals surface area contributed by atoms with E-state index in [2.05, 4.69) is 60.1 Å². The Hall–Kier alpha value is -1.41. The van der Waals surface area contributed by atoms with Crippen LogP contribution in [0.15, 0.2) is 53.4 Å². The first-order chi connectivity index (χ1) is 9.36. The number of hydrogen-bond donors (Lipinski definition) is 1. The molecule has 1 aliphatic rings. The molecule has 0 saturated heterocycles. The molecule has 0 aliphatic heterocycles. The molecule has 0 amide bonds. The van der Waals surface area contributed by atoms with Gasteiger partial charge < -0.3 is 5.32 Å². The van der Waals surface area contributed by atoms with Crippen LogP contribution in [-0.4, -0.2) is 6.26 Å². The number of thioether (sulfide) groups is 1. The summed E-state index contributed by atoms with van der Waals surface area (Å²) in [6.45, 7) is 0. The molecule has 98 valence electrons. The highest BCUT2D eigenvalue weighted by Crippen LogP contribution is 2.32. The van der Waals surface area contributed by atoms with Crippen LogP contribution in [0.4, 0.5) is 5.69 Å². The van der Waals surface area contributed by atoms with Crippen LogP contribution in [0.3, 0.4) is 0 Å². The van der Waals surface area contributed by atoms with Gasteiger partial charge in [-0.1, -0.05) is 30.3 Å². The molecule has 19 heavy (non-hydrogen) atoms. The lowest BCUT2D eigenvalue weighted by atomic mass is 9.87. The van der Waals surface area contributed by atoms with E-state index >= 15 is 0 Å². The van der Waals surface area contributed by atoms with E-state index in [-0.39, 0.29) is 0 Å². The molecule has 2 aromatic carbocycles. The van der Waals surface area contributed by atoms with Crippen molar-refractivity contribution < 1.29 is 0 Å². The maximum Gasteiger partial charge on any atom is 0.0516 e. The first kappa shape index (κ1) is 12.6. The van der Waals surface area contributed by atoms with Gasteiger partial charge in [0.1, 0.15) is 0 Å². The number of aryl methyl sites for hydroxylation is 1. The Kier molecular flexibility index (Phi) is 3.79. The van der Waals surface area contributed by atoms with Crippen molar-refractivity contribution >= 4 is 17.4 Å². The van der Waals surface area contributed by atoms with Gasteiger partial charge in [0.2, 0.25) is 0 Å². The number of fused-ring (bicyclic) bond motifs is 1. The second-order valence-electron chi connectivity index (χ2n) is 5.02. The van der Waals surface area contributed by atoms with Crippen LogP contribution in [0.1, 0.15) is 30.0 Å². The van der Waals surface area contributed by atoms with Crippen LogP contribution in [0.2, 0.25) is 0 Å². The van der Waals surface area contributed by atoms with E-state index in [1.807, 2.05) is 0 Å². The quantitative estimate of drug-likeness (QED) is 0.796. The Morgan fingerprint density at radius 2 is 2.00 bits per heavy atom. The molecule has 1 nitrogen and oxygen atoms in total. The zero-order chi connectivity index (χ0) is 13.1. The molecule has 0 spiro atoms. The van der Waals surface area contributed by atoms with Gasteiger partial charge in [-0.3, -0.25) is 0 Å². The van der Waals surface area contributed by atoms with Gasteiger partial charge in [0, 0.05) is 10.6 Å². The molecule has 0 bridgehead atoms. The highest BCUT2D eigenvalue weighted by atomic mass is 32.2. The van der Waals surface area contributed by atoms with Crippen molar-refractivity contribution in [2.45, 2.75) is 30.2 Å². The Morgan fingerprint density at radius 1 is 1.11 bits per heavy atom. The summed E-state index contributed by atoms with van der Waals surface area (Å²) in [6, 6.07) is 18.0. The monoisotopic (exact) mass is 269 g/mol. The third kappa shape index (κ3) is 2.79. The first-order valence-corrected chi connectivity index (χ1v) is 8.07. The normalized spacial score (nSPS) is 17.8. The van der Waals surface area contributed by atoms with Crippen LogP contribution < -0.4 is 5.32 Å². The van der Waals surface area contributed by atoms with Crippen molar-refractivity contribution in [3.8, 4) is 0 Å². The fraction of sp³-hybridized carbons (Fsp3) is 0.294. The smallest absolute Gasteiger partial charge is 0.0516 e. The molecule has 0 saturated carbocycles. The summed E-state index contributed by atoms with van der Waals surface area (Å²) in [6.07, 6.45) is 5.84. The lowest BCUT2D eigenvalue weighted by molar-refractivity contribution is 0.600. The summed E-state index contributed by atoms with van der Waals surface area (Å²) in [5.41, 5.74) is 4.21. The van der Waals surface area contributed by atoms with E-state index in [0.717, 1.165) is 0 Å². The molecule has 1 aliphatic carbocycles. The fourth-order valence-corrected chi connectivity index (χ4v) is 3.28. The topological polar surface area (TPSA) is 12.0 Å². The molecular formula is C17H19NS. The van der Waals surface area contributed by atoms with Crippen LogP contribution >= 0.6 is 11.8 Å². The number of hydrogen-bond acceptors (Lipinski definition) is 2. The maximum absolute atomic E-state index is 3.70. The summed E-state index contributed by atoms with van der Waals surface area (Å²) < 4.78 is 0. The lowest BCUT2D eigenvalue weighted by Gasteiger charge is -2.27. The summed E-state index contributed by atoms with van der Waals surface area (Å²) in [5.74, 6) is 0. The molecule has 0 aromatic heterocycles. The van der Waals surface area contributed by atoms with Crippen LogP contribution in [0.25, 0.3) is 0 Å². The molecule has 0 fully saturated rings. The van der Waals surface area contributed by atoms with Crippen molar-refractivity contribution in [1.29, 1.82) is 0 Å². The lowest BCUT2D eigenvalue weighted by Crippen LogP contribution is -2.17. The first-order valence-electron chi connectivity index (χ1n) is 6.85. The average Bonchev–Trinajstić information content (AvgIpc) is 2.48. The zero-order valence-corrected chi connectivity index (χ0v) is 12.0. The predicted molar refractivity (Wildman–Crippen MR) is 84.0 cm³/mol. The Bertz CT molecular complexity index is 565. The number of benzene rings is 2. The van der Waals surface area contributed by atoms with Crippen LogP contribution in [0.5, 0.6) is 0 Å². The van der Waals surface area contributed by atoms with Crippen molar-refractivity contribution in [3.05, 3.63) is 59.7 Å². The van der Waals surface area contributed by atoms with E-state index < -0.39 is 0 Å². The Morgan fingerprint density at radius 3 is 2.89 bits per heavy atom. The molecule has 2 aromatic rings. The van der Waals surface area contributed by atoms with E-state index in [1.165, 1.54) is 41.0 Å². The van der Waals surface area contributed by atoms with Gasteiger partial charge in [0.25, 0.3) is 0 Å². The summed E-state index contributed by atoms with van der Waals surface area (Å²) in [5, 5.41) is 3.70. The minimum atomic E-state index is 0.460. The van der Waals surface area contributed by atoms with Gasteiger partial charge in [-0.25, -0.2) is 0 Å². The molecule has 1 unspecified atom stereocenters. The molecule has 1 N–H and O–H groups in total. The SMILES string of the molecule is CSc1cccc(NC2CCCc3ccccc32)c1. The summed E-state index contributed by atoms with van der Waals surface area (Å²) in [7, 11) is 0. The van der Waals surface area contributed by atoms with Crippen molar-refractivity contribution in [3.63, 3.8) is 0 Å². The predicted octanol–water partition coefficient (Wildman–Crippen LogP) is 4.90. The second-order valence-corrected chi connectivity index (χ2v) is 5.90. The Balaban J connectivity index is 1.84. The van der Waals surface area contributed by atoms with E-state index in [4.69, 9.17) is 0 Å². The molecule has 2 heteroatoms. The van der Waals surface area contributed by atoms with Crippen molar-refractivity contribution in [2.75, 3.05) is 11.6 Å². The third-order valence-electron chi connectivity index (χ3n) is 3.78. The number of nitrogens with one attached hydrogen (secondary N) is 1. The highest BCUT2D eigenvalue weighted by Gasteiger charge is 2.19. The fourth-order valence-electron chi connectivity index (χ4n) is 2.82. The highest BCUT2D eigenvalue weighted by molar-refractivity contribution is 7.98. The van der Waals surface area contributed by atoms with Crippen molar-refractivity contribution in [2.24, 2.45) is 0 Å². The second kappa shape index (κ2) is 5.70. The minimum absolute atomic E-state index is 0.460. The van der Waals surface area contributed by atoms with E-state index in [9.17, 15) is 0 Å². The van der Waals surface area contributed by atoms with Gasteiger partial charge in [0.05, 0.1) is 6.04 Å². The molecule has 0 heterocycles. The molecule has 0 radical (unpaired) electrons. The number of anilines is 1. The van der Waals surface area contributed by atoms with Gasteiger partial charge >= 0.3 is 0 Å².